The van der Waals surface area contributed by atoms with Crippen molar-refractivity contribution in [2.45, 2.75) is 37.4 Å². The van der Waals surface area contributed by atoms with E-state index >= 15 is 0 Å². The lowest BCUT2D eigenvalue weighted by molar-refractivity contribution is -0.143. The summed E-state index contributed by atoms with van der Waals surface area (Å²) in [5, 5.41) is 0. The number of carbonyl (C=O) groups excluding carboxylic acids is 1. The predicted octanol–water partition coefficient (Wildman–Crippen LogP) is 2.50. The summed E-state index contributed by atoms with van der Waals surface area (Å²) in [5.74, 6) is 0.411. The van der Waals surface area contributed by atoms with E-state index in [0.29, 0.717) is 12.5 Å². The van der Waals surface area contributed by atoms with Crippen molar-refractivity contribution in [2.24, 2.45) is 5.92 Å². The molecule has 1 aliphatic rings. The maximum Gasteiger partial charge on any atom is 0.319 e. The Morgan fingerprint density at radius 1 is 1.58 bits per heavy atom. The van der Waals surface area contributed by atoms with E-state index < -0.39 is 0 Å². The van der Waals surface area contributed by atoms with Crippen LogP contribution in [0.25, 0.3) is 0 Å². The third kappa shape index (κ3) is 2.47. The summed E-state index contributed by atoms with van der Waals surface area (Å²) in [6.45, 7) is 2.32. The largest absolute Gasteiger partial charge is 0.465 e. The van der Waals surface area contributed by atoms with Gasteiger partial charge in [0.15, 0.2) is 0 Å². The number of alkyl halides is 1. The second kappa shape index (κ2) is 4.85. The monoisotopic (exact) mass is 234 g/mol. The first kappa shape index (κ1) is 10.0. The van der Waals surface area contributed by atoms with E-state index in [4.69, 9.17) is 4.74 Å². The Morgan fingerprint density at radius 3 is 2.67 bits per heavy atom. The maximum atomic E-state index is 11.3. The molecule has 1 saturated carbocycles. The zero-order chi connectivity index (χ0) is 8.97. The number of halogens is 1. The van der Waals surface area contributed by atoms with Gasteiger partial charge in [-0.05, 0) is 25.7 Å². The van der Waals surface area contributed by atoms with Gasteiger partial charge in [0.1, 0.15) is 4.83 Å². The summed E-state index contributed by atoms with van der Waals surface area (Å²) in [6, 6.07) is 0. The minimum atomic E-state index is -0.0931. The van der Waals surface area contributed by atoms with Crippen LogP contribution in [0.2, 0.25) is 0 Å². The van der Waals surface area contributed by atoms with Gasteiger partial charge in [0.05, 0.1) is 6.61 Å². The Labute approximate surface area is 81.8 Å². The molecule has 12 heavy (non-hydrogen) atoms. The number of esters is 1. The van der Waals surface area contributed by atoms with Crippen LogP contribution < -0.4 is 0 Å². The molecule has 0 aliphatic heterocycles. The van der Waals surface area contributed by atoms with Gasteiger partial charge in [0.25, 0.3) is 0 Å². The summed E-state index contributed by atoms with van der Waals surface area (Å²) in [4.78, 5) is 11.2. The molecule has 0 amide bonds. The molecule has 1 aliphatic carbocycles. The number of ether oxygens (including phenoxy) is 1. The molecule has 70 valence electrons. The average Bonchev–Trinajstić information content (AvgIpc) is 2.55. The molecule has 0 aromatic heterocycles. The van der Waals surface area contributed by atoms with E-state index in [1.807, 2.05) is 6.92 Å². The molecule has 0 aromatic carbocycles. The topological polar surface area (TPSA) is 26.3 Å². The van der Waals surface area contributed by atoms with Crippen molar-refractivity contribution in [2.75, 3.05) is 6.61 Å². The van der Waals surface area contributed by atoms with E-state index in [0.717, 1.165) is 12.8 Å². The molecule has 1 fully saturated rings. The summed E-state index contributed by atoms with van der Waals surface area (Å²) in [5.41, 5.74) is 0. The summed E-state index contributed by atoms with van der Waals surface area (Å²) < 4.78 is 4.93. The molecule has 1 atom stereocenters. The number of rotatable bonds is 3. The second-order valence-electron chi connectivity index (χ2n) is 3.20. The highest BCUT2D eigenvalue weighted by Gasteiger charge is 2.29. The van der Waals surface area contributed by atoms with Gasteiger partial charge in [-0.3, -0.25) is 4.79 Å². The van der Waals surface area contributed by atoms with Crippen LogP contribution >= 0.6 is 15.9 Å². The molecule has 0 unspecified atom stereocenters. The minimum Gasteiger partial charge on any atom is -0.465 e. The Kier molecular flexibility index (Phi) is 4.06. The van der Waals surface area contributed by atoms with Crippen molar-refractivity contribution in [1.29, 1.82) is 0 Å². The fourth-order valence-corrected chi connectivity index (χ4v) is 2.33. The van der Waals surface area contributed by atoms with Gasteiger partial charge in [-0.15, -0.1) is 0 Å². The molecule has 0 bridgehead atoms. The van der Waals surface area contributed by atoms with Crippen molar-refractivity contribution in [3.8, 4) is 0 Å². The lowest BCUT2D eigenvalue weighted by Crippen LogP contribution is -2.24. The molecule has 0 N–H and O–H groups in total. The van der Waals surface area contributed by atoms with E-state index in [1.165, 1.54) is 12.8 Å². The van der Waals surface area contributed by atoms with Crippen molar-refractivity contribution in [3.63, 3.8) is 0 Å². The van der Waals surface area contributed by atoms with Gasteiger partial charge in [0, 0.05) is 0 Å². The smallest absolute Gasteiger partial charge is 0.319 e. The van der Waals surface area contributed by atoms with Crippen LogP contribution in [0.4, 0.5) is 0 Å². The van der Waals surface area contributed by atoms with Crippen molar-refractivity contribution >= 4 is 21.9 Å². The Bertz CT molecular complexity index is 153. The Hall–Kier alpha value is -0.0500. The maximum absolute atomic E-state index is 11.3. The first-order valence-electron chi connectivity index (χ1n) is 4.56. The van der Waals surface area contributed by atoms with Crippen molar-refractivity contribution in [3.05, 3.63) is 0 Å². The second-order valence-corrected chi connectivity index (χ2v) is 4.18. The zero-order valence-corrected chi connectivity index (χ0v) is 8.97. The van der Waals surface area contributed by atoms with Crippen LogP contribution in [-0.2, 0) is 9.53 Å². The number of hydrogen-bond donors (Lipinski definition) is 0. The number of carbonyl (C=O) groups is 1. The molecule has 0 aromatic rings. The molecule has 0 spiro atoms. The first-order valence-corrected chi connectivity index (χ1v) is 5.48. The molecule has 0 saturated heterocycles. The minimum absolute atomic E-state index is 0.0695. The summed E-state index contributed by atoms with van der Waals surface area (Å²) >= 11 is 3.40. The Morgan fingerprint density at radius 2 is 2.17 bits per heavy atom. The van der Waals surface area contributed by atoms with Gasteiger partial charge < -0.3 is 4.74 Å². The first-order chi connectivity index (χ1) is 5.75. The van der Waals surface area contributed by atoms with Gasteiger partial charge in [0.2, 0.25) is 0 Å². The quantitative estimate of drug-likeness (QED) is 0.555. The summed E-state index contributed by atoms with van der Waals surface area (Å²) in [6.07, 6.45) is 4.84. The third-order valence-electron chi connectivity index (χ3n) is 2.33. The van der Waals surface area contributed by atoms with Gasteiger partial charge in [-0.25, -0.2) is 0 Å². The fourth-order valence-electron chi connectivity index (χ4n) is 1.66. The normalized spacial score (nSPS) is 20.8. The fraction of sp³-hybridized carbons (Fsp3) is 0.889. The lowest BCUT2D eigenvalue weighted by Gasteiger charge is -2.14. The average molecular weight is 235 g/mol. The molecule has 1 rings (SSSR count). The zero-order valence-electron chi connectivity index (χ0n) is 7.38. The van der Waals surface area contributed by atoms with E-state index in [-0.39, 0.29) is 10.8 Å². The van der Waals surface area contributed by atoms with Crippen molar-refractivity contribution in [1.82, 2.24) is 0 Å². The van der Waals surface area contributed by atoms with Crippen LogP contribution in [0.5, 0.6) is 0 Å². The van der Waals surface area contributed by atoms with Crippen molar-refractivity contribution < 1.29 is 9.53 Å². The summed E-state index contributed by atoms with van der Waals surface area (Å²) in [7, 11) is 0. The lowest BCUT2D eigenvalue weighted by atomic mass is 10.0. The van der Waals surface area contributed by atoms with Crippen LogP contribution in [0.1, 0.15) is 32.6 Å². The van der Waals surface area contributed by atoms with E-state index in [1.54, 1.807) is 0 Å². The number of hydrogen-bond acceptors (Lipinski definition) is 2. The molecule has 3 heteroatoms. The van der Waals surface area contributed by atoms with Gasteiger partial charge in [-0.2, -0.15) is 0 Å². The van der Waals surface area contributed by atoms with Crippen LogP contribution in [0.3, 0.4) is 0 Å². The highest BCUT2D eigenvalue weighted by atomic mass is 79.9. The highest BCUT2D eigenvalue weighted by molar-refractivity contribution is 9.10. The molecule has 2 nitrogen and oxygen atoms in total. The van der Waals surface area contributed by atoms with Gasteiger partial charge in [-0.1, -0.05) is 28.8 Å². The van der Waals surface area contributed by atoms with Crippen LogP contribution in [0, 0.1) is 5.92 Å². The molecule has 0 heterocycles. The SMILES string of the molecule is CCOC(=O)[C@H](Br)C1CCCC1. The third-order valence-corrected chi connectivity index (χ3v) is 3.45. The predicted molar refractivity (Wildman–Crippen MR) is 51.3 cm³/mol. The van der Waals surface area contributed by atoms with E-state index in [2.05, 4.69) is 15.9 Å². The molecular formula is C9H15BrO2. The van der Waals surface area contributed by atoms with Crippen LogP contribution in [0.15, 0.2) is 0 Å². The van der Waals surface area contributed by atoms with E-state index in [9.17, 15) is 4.79 Å². The standard InChI is InChI=1S/C9H15BrO2/c1-2-12-9(11)8(10)7-5-3-4-6-7/h7-8H,2-6H2,1H3/t8-/m1/s1. The van der Waals surface area contributed by atoms with Crippen LogP contribution in [-0.4, -0.2) is 17.4 Å². The Balaban J connectivity index is 2.34. The molecule has 0 radical (unpaired) electrons. The highest BCUT2D eigenvalue weighted by Crippen LogP contribution is 2.31. The van der Waals surface area contributed by atoms with Gasteiger partial charge >= 0.3 is 5.97 Å². The molecular weight excluding hydrogens is 220 g/mol.